The third kappa shape index (κ3) is 4.49. The lowest BCUT2D eigenvalue weighted by atomic mass is 9.95. The summed E-state index contributed by atoms with van der Waals surface area (Å²) in [5.41, 5.74) is 3.12. The lowest BCUT2D eigenvalue weighted by molar-refractivity contribution is -0.123. The van der Waals surface area contributed by atoms with E-state index in [1.54, 1.807) is 12.1 Å². The standard InChI is InChI=1S/C21H23NO4/c1-14-7-9-16(10-8-14)20-18(6-3-11-26-20)22-19(23)13-15-4-2-5-17(12-15)21(24)25/h2,4-5,7-10,12,18,20H,3,6,11,13H2,1H3,(H,22,23)(H,24,25). The molecule has 2 atom stereocenters. The molecular weight excluding hydrogens is 330 g/mol. The summed E-state index contributed by atoms with van der Waals surface area (Å²) in [7, 11) is 0. The van der Waals surface area contributed by atoms with Crippen molar-refractivity contribution in [2.75, 3.05) is 6.61 Å². The average molecular weight is 353 g/mol. The molecule has 1 heterocycles. The molecule has 0 bridgehead atoms. The summed E-state index contributed by atoms with van der Waals surface area (Å²) in [4.78, 5) is 23.5. The van der Waals surface area contributed by atoms with Gasteiger partial charge in [0.1, 0.15) is 6.10 Å². The highest BCUT2D eigenvalue weighted by Gasteiger charge is 2.28. The van der Waals surface area contributed by atoms with Crippen molar-refractivity contribution in [1.29, 1.82) is 0 Å². The molecule has 0 aliphatic carbocycles. The number of carbonyl (C=O) groups is 2. The molecule has 0 radical (unpaired) electrons. The van der Waals surface area contributed by atoms with Crippen LogP contribution in [0.1, 0.15) is 46.0 Å². The van der Waals surface area contributed by atoms with Crippen molar-refractivity contribution in [3.63, 3.8) is 0 Å². The fourth-order valence-electron chi connectivity index (χ4n) is 3.27. The van der Waals surface area contributed by atoms with Crippen LogP contribution in [0.5, 0.6) is 0 Å². The van der Waals surface area contributed by atoms with Gasteiger partial charge in [0.15, 0.2) is 0 Å². The van der Waals surface area contributed by atoms with E-state index in [1.165, 1.54) is 17.7 Å². The Labute approximate surface area is 153 Å². The maximum absolute atomic E-state index is 12.5. The van der Waals surface area contributed by atoms with E-state index in [2.05, 4.69) is 5.32 Å². The van der Waals surface area contributed by atoms with Crippen LogP contribution in [0.2, 0.25) is 0 Å². The van der Waals surface area contributed by atoms with Crippen LogP contribution in [0.15, 0.2) is 48.5 Å². The number of rotatable bonds is 5. The number of hydrogen-bond donors (Lipinski definition) is 2. The second-order valence-corrected chi connectivity index (χ2v) is 6.70. The van der Waals surface area contributed by atoms with E-state index in [-0.39, 0.29) is 30.0 Å². The number of carboxylic acids is 1. The lowest BCUT2D eigenvalue weighted by Gasteiger charge is -2.32. The molecule has 0 aromatic heterocycles. The van der Waals surface area contributed by atoms with Crippen molar-refractivity contribution in [3.8, 4) is 0 Å². The van der Waals surface area contributed by atoms with Gasteiger partial charge in [-0.05, 0) is 43.0 Å². The summed E-state index contributed by atoms with van der Waals surface area (Å²) < 4.78 is 5.93. The molecule has 2 aromatic carbocycles. The molecule has 2 aromatic rings. The fraction of sp³-hybridized carbons (Fsp3) is 0.333. The second kappa shape index (κ2) is 8.15. The van der Waals surface area contributed by atoms with Crippen LogP contribution in [0.4, 0.5) is 0 Å². The van der Waals surface area contributed by atoms with E-state index in [0.29, 0.717) is 12.2 Å². The first-order chi connectivity index (χ1) is 12.5. The maximum atomic E-state index is 12.5. The molecule has 1 fully saturated rings. The molecule has 26 heavy (non-hydrogen) atoms. The smallest absolute Gasteiger partial charge is 0.335 e. The fourth-order valence-corrected chi connectivity index (χ4v) is 3.27. The summed E-state index contributed by atoms with van der Waals surface area (Å²) in [5, 5.41) is 12.1. The summed E-state index contributed by atoms with van der Waals surface area (Å²) >= 11 is 0. The zero-order chi connectivity index (χ0) is 18.5. The summed E-state index contributed by atoms with van der Waals surface area (Å²) in [5.74, 6) is -1.12. The molecule has 2 N–H and O–H groups in total. The molecule has 1 aliphatic rings. The van der Waals surface area contributed by atoms with Crippen molar-refractivity contribution >= 4 is 11.9 Å². The van der Waals surface area contributed by atoms with Crippen LogP contribution >= 0.6 is 0 Å². The lowest BCUT2D eigenvalue weighted by Crippen LogP contribution is -2.43. The Kier molecular flexibility index (Phi) is 5.68. The predicted octanol–water partition coefficient (Wildman–Crippen LogP) is 3.27. The van der Waals surface area contributed by atoms with E-state index >= 15 is 0 Å². The van der Waals surface area contributed by atoms with Crippen molar-refractivity contribution in [1.82, 2.24) is 5.32 Å². The Morgan fingerprint density at radius 1 is 1.19 bits per heavy atom. The monoisotopic (exact) mass is 353 g/mol. The average Bonchev–Trinajstić information content (AvgIpc) is 2.63. The number of ether oxygens (including phenoxy) is 1. The minimum absolute atomic E-state index is 0.0818. The van der Waals surface area contributed by atoms with Crippen molar-refractivity contribution in [2.45, 2.75) is 38.3 Å². The SMILES string of the molecule is Cc1ccc(C2OCCCC2NC(=O)Cc2cccc(C(=O)O)c2)cc1. The summed E-state index contributed by atoms with van der Waals surface area (Å²) in [6.07, 6.45) is 1.76. The van der Waals surface area contributed by atoms with Crippen molar-refractivity contribution in [3.05, 3.63) is 70.8 Å². The van der Waals surface area contributed by atoms with Crippen LogP contribution in [-0.2, 0) is 16.0 Å². The first kappa shape index (κ1) is 18.1. The van der Waals surface area contributed by atoms with Gasteiger partial charge in [-0.2, -0.15) is 0 Å². The number of carbonyl (C=O) groups excluding carboxylic acids is 1. The van der Waals surface area contributed by atoms with Crippen molar-refractivity contribution < 1.29 is 19.4 Å². The quantitative estimate of drug-likeness (QED) is 0.865. The van der Waals surface area contributed by atoms with Gasteiger partial charge < -0.3 is 15.2 Å². The number of hydrogen-bond acceptors (Lipinski definition) is 3. The molecule has 1 aliphatic heterocycles. The molecule has 0 spiro atoms. The van der Waals surface area contributed by atoms with E-state index < -0.39 is 5.97 Å². The molecule has 0 saturated carbocycles. The number of aromatic carboxylic acids is 1. The van der Waals surface area contributed by atoms with Gasteiger partial charge in [-0.25, -0.2) is 4.79 Å². The highest BCUT2D eigenvalue weighted by molar-refractivity contribution is 5.88. The Balaban J connectivity index is 1.67. The molecule has 1 amide bonds. The zero-order valence-electron chi connectivity index (χ0n) is 14.8. The van der Waals surface area contributed by atoms with Crippen LogP contribution in [-0.4, -0.2) is 29.6 Å². The molecule has 1 saturated heterocycles. The Bertz CT molecular complexity index is 785. The number of amides is 1. The minimum atomic E-state index is -0.993. The highest BCUT2D eigenvalue weighted by Crippen LogP contribution is 2.28. The highest BCUT2D eigenvalue weighted by atomic mass is 16.5. The van der Waals surface area contributed by atoms with E-state index in [0.717, 1.165) is 18.4 Å². The van der Waals surface area contributed by atoms with Gasteiger partial charge in [0.25, 0.3) is 0 Å². The van der Waals surface area contributed by atoms with E-state index in [4.69, 9.17) is 9.84 Å². The topological polar surface area (TPSA) is 75.6 Å². The minimum Gasteiger partial charge on any atom is -0.478 e. The number of benzene rings is 2. The molecule has 2 unspecified atom stereocenters. The normalized spacial score (nSPS) is 19.7. The van der Waals surface area contributed by atoms with Gasteiger partial charge in [0.05, 0.1) is 18.0 Å². The van der Waals surface area contributed by atoms with Crippen molar-refractivity contribution in [2.24, 2.45) is 0 Å². The van der Waals surface area contributed by atoms with Gasteiger partial charge in [0, 0.05) is 6.61 Å². The Morgan fingerprint density at radius 3 is 2.69 bits per heavy atom. The van der Waals surface area contributed by atoms with Gasteiger partial charge in [-0.1, -0.05) is 42.0 Å². The van der Waals surface area contributed by atoms with Gasteiger partial charge in [-0.15, -0.1) is 0 Å². The first-order valence-corrected chi connectivity index (χ1v) is 8.83. The molecule has 5 heteroatoms. The van der Waals surface area contributed by atoms with Crippen LogP contribution in [0.25, 0.3) is 0 Å². The third-order valence-corrected chi connectivity index (χ3v) is 4.61. The van der Waals surface area contributed by atoms with E-state index in [9.17, 15) is 9.59 Å². The summed E-state index contributed by atoms with van der Waals surface area (Å²) in [6, 6.07) is 14.6. The second-order valence-electron chi connectivity index (χ2n) is 6.70. The largest absolute Gasteiger partial charge is 0.478 e. The predicted molar refractivity (Wildman–Crippen MR) is 98.1 cm³/mol. The zero-order valence-corrected chi connectivity index (χ0v) is 14.8. The number of carboxylic acid groups (broad SMARTS) is 1. The number of nitrogens with one attached hydrogen (secondary N) is 1. The van der Waals surface area contributed by atoms with Crippen LogP contribution in [0.3, 0.4) is 0 Å². The van der Waals surface area contributed by atoms with E-state index in [1.807, 2.05) is 31.2 Å². The molecular formula is C21H23NO4. The van der Waals surface area contributed by atoms with Gasteiger partial charge in [-0.3, -0.25) is 4.79 Å². The van der Waals surface area contributed by atoms with Crippen LogP contribution in [0, 0.1) is 6.92 Å². The summed E-state index contributed by atoms with van der Waals surface area (Å²) in [6.45, 7) is 2.72. The first-order valence-electron chi connectivity index (χ1n) is 8.83. The Hall–Kier alpha value is -2.66. The molecule has 136 valence electrons. The molecule has 3 rings (SSSR count). The van der Waals surface area contributed by atoms with Gasteiger partial charge >= 0.3 is 5.97 Å². The Morgan fingerprint density at radius 2 is 1.96 bits per heavy atom. The number of aryl methyl sites for hydroxylation is 1. The van der Waals surface area contributed by atoms with Gasteiger partial charge in [0.2, 0.25) is 5.91 Å². The maximum Gasteiger partial charge on any atom is 0.335 e. The third-order valence-electron chi connectivity index (χ3n) is 4.61. The molecule has 5 nitrogen and oxygen atoms in total. The van der Waals surface area contributed by atoms with Crippen LogP contribution < -0.4 is 5.32 Å².